The van der Waals surface area contributed by atoms with Gasteiger partial charge in [-0.1, -0.05) is 86.1 Å². The highest BCUT2D eigenvalue weighted by molar-refractivity contribution is 6.12. The molecule has 0 saturated heterocycles. The summed E-state index contributed by atoms with van der Waals surface area (Å²) in [5, 5.41) is 2.48. The number of aliphatic imine (C=N–C) groups is 1. The second kappa shape index (κ2) is 13.4. The van der Waals surface area contributed by atoms with Crippen molar-refractivity contribution in [2.45, 2.75) is 114 Å². The van der Waals surface area contributed by atoms with Gasteiger partial charge in [0.2, 0.25) is 5.90 Å². The maximum absolute atomic E-state index is 7.06. The van der Waals surface area contributed by atoms with Crippen molar-refractivity contribution in [2.24, 2.45) is 22.7 Å². The predicted molar refractivity (Wildman–Crippen MR) is 234 cm³/mol. The molecule has 5 nitrogen and oxygen atoms in total. The molecule has 0 bridgehead atoms. The van der Waals surface area contributed by atoms with Crippen molar-refractivity contribution in [1.29, 1.82) is 0 Å². The molecule has 8 rings (SSSR count). The van der Waals surface area contributed by atoms with E-state index in [0.717, 1.165) is 39.5 Å². The summed E-state index contributed by atoms with van der Waals surface area (Å²) in [7, 11) is 0. The topological polar surface area (TPSA) is 48.6 Å². The van der Waals surface area contributed by atoms with Crippen molar-refractivity contribution in [3.63, 3.8) is 0 Å². The number of nitrogens with zero attached hydrogens (tertiary/aromatic N) is 3. The van der Waals surface area contributed by atoms with Gasteiger partial charge >= 0.3 is 0 Å². The summed E-state index contributed by atoms with van der Waals surface area (Å²) >= 11 is 0. The van der Waals surface area contributed by atoms with Crippen LogP contribution in [0.4, 0.5) is 0 Å². The largest absolute Gasteiger partial charge is 0.475 e. The fourth-order valence-electron chi connectivity index (χ4n) is 9.95. The Labute approximate surface area is 334 Å². The van der Waals surface area contributed by atoms with Crippen LogP contribution >= 0.6 is 0 Å². The molecule has 4 heterocycles. The molecule has 6 aromatic rings. The molecule has 290 valence electrons. The molecule has 56 heavy (non-hydrogen) atoms. The highest BCUT2D eigenvalue weighted by Gasteiger charge is 2.38. The van der Waals surface area contributed by atoms with E-state index in [0.29, 0.717) is 30.3 Å². The Bertz CT molecular complexity index is 2560. The molecule has 0 amide bonds. The van der Waals surface area contributed by atoms with Gasteiger partial charge in [-0.2, -0.15) is 0 Å². The molecule has 0 spiro atoms. The van der Waals surface area contributed by atoms with Gasteiger partial charge in [0, 0.05) is 39.6 Å². The maximum Gasteiger partial charge on any atom is 0.216 e. The third kappa shape index (κ3) is 6.22. The van der Waals surface area contributed by atoms with Crippen LogP contribution in [0.2, 0.25) is 0 Å². The summed E-state index contributed by atoms with van der Waals surface area (Å²) in [6, 6.07) is 22.9. The van der Waals surface area contributed by atoms with Gasteiger partial charge in [-0.3, -0.25) is 4.57 Å². The van der Waals surface area contributed by atoms with Crippen LogP contribution in [0, 0.1) is 52.4 Å². The molecule has 5 heteroatoms. The van der Waals surface area contributed by atoms with E-state index >= 15 is 0 Å². The minimum Gasteiger partial charge on any atom is -0.475 e. The summed E-state index contributed by atoms with van der Waals surface area (Å²) in [4.78, 5) is 10.4. The number of aryl methyl sites for hydroxylation is 5. The van der Waals surface area contributed by atoms with E-state index < -0.39 is 0 Å². The number of benzene rings is 4. The summed E-state index contributed by atoms with van der Waals surface area (Å²) in [6.07, 6.45) is 2.00. The van der Waals surface area contributed by atoms with Gasteiger partial charge < -0.3 is 9.47 Å². The zero-order valence-electron chi connectivity index (χ0n) is 36.0. The lowest BCUT2D eigenvalue weighted by molar-refractivity contribution is 0.198. The van der Waals surface area contributed by atoms with Crippen molar-refractivity contribution in [1.82, 2.24) is 9.55 Å². The normalized spacial score (nSPS) is 16.3. The summed E-state index contributed by atoms with van der Waals surface area (Å²) in [5.74, 6) is 4.74. The zero-order chi connectivity index (χ0) is 40.2. The molecule has 2 aliphatic heterocycles. The maximum atomic E-state index is 7.06. The lowest BCUT2D eigenvalue weighted by atomic mass is 9.73. The Morgan fingerprint density at radius 3 is 2.09 bits per heavy atom. The first-order valence-electron chi connectivity index (χ1n) is 20.6. The van der Waals surface area contributed by atoms with Crippen LogP contribution < -0.4 is 4.74 Å². The lowest BCUT2D eigenvalue weighted by Crippen LogP contribution is -2.29. The van der Waals surface area contributed by atoms with Crippen molar-refractivity contribution in [3.05, 3.63) is 117 Å². The summed E-state index contributed by atoms with van der Waals surface area (Å²) < 4.78 is 15.9. The number of fused-ring (bicyclic) bond motifs is 5. The number of ether oxygens (including phenoxy) is 2. The van der Waals surface area contributed by atoms with Gasteiger partial charge in [-0.05, 0) is 139 Å². The number of hydrogen-bond donors (Lipinski definition) is 0. The van der Waals surface area contributed by atoms with Crippen molar-refractivity contribution in [2.75, 3.05) is 6.61 Å². The van der Waals surface area contributed by atoms with E-state index in [2.05, 4.69) is 162 Å². The smallest absolute Gasteiger partial charge is 0.216 e. The van der Waals surface area contributed by atoms with E-state index in [-0.39, 0.29) is 16.9 Å². The van der Waals surface area contributed by atoms with Crippen LogP contribution in [0.15, 0.2) is 71.9 Å². The monoisotopic (exact) mass is 745 g/mol. The Hall–Kier alpha value is -4.90. The minimum atomic E-state index is -0.218. The lowest BCUT2D eigenvalue weighted by Gasteiger charge is -2.35. The third-order valence-corrected chi connectivity index (χ3v) is 12.6. The SMILES string of the molecule is Cc1cc(C)c(-c2cc(Oc3cc4c(cc3C)c3cc(C(C)(C)C)cc5c3n4-c3ncc(C)cc3C5(C)C)cc(C3=N[C@H](C(C(C)C)C(C)C)CO3)c2)c(C)c1. The van der Waals surface area contributed by atoms with Crippen LogP contribution in [-0.4, -0.2) is 28.1 Å². The fourth-order valence-corrected chi connectivity index (χ4v) is 9.95. The Kier molecular flexibility index (Phi) is 9.06. The van der Waals surface area contributed by atoms with Crippen molar-refractivity contribution < 1.29 is 9.47 Å². The second-order valence-corrected chi connectivity index (χ2v) is 19.1. The Balaban J connectivity index is 1.33. The van der Waals surface area contributed by atoms with E-state index in [4.69, 9.17) is 19.5 Å². The first-order chi connectivity index (χ1) is 26.3. The highest BCUT2D eigenvalue weighted by atomic mass is 16.5. The fraction of sp³-hybridized carbons (Fsp3) is 0.412. The molecule has 0 unspecified atom stereocenters. The van der Waals surface area contributed by atoms with Gasteiger partial charge in [0.1, 0.15) is 23.9 Å². The molecule has 0 N–H and O–H groups in total. The van der Waals surface area contributed by atoms with Gasteiger partial charge in [-0.25, -0.2) is 9.98 Å². The van der Waals surface area contributed by atoms with Crippen molar-refractivity contribution in [3.8, 4) is 28.4 Å². The molecule has 0 fully saturated rings. The Morgan fingerprint density at radius 2 is 1.43 bits per heavy atom. The molecule has 0 aliphatic carbocycles. The number of pyridine rings is 1. The van der Waals surface area contributed by atoms with Crippen LogP contribution in [0.1, 0.15) is 112 Å². The van der Waals surface area contributed by atoms with Gasteiger partial charge in [0.05, 0.1) is 17.1 Å². The quantitative estimate of drug-likeness (QED) is 0.163. The molecule has 1 atom stereocenters. The van der Waals surface area contributed by atoms with E-state index in [1.54, 1.807) is 0 Å². The average molecular weight is 746 g/mol. The summed E-state index contributed by atoms with van der Waals surface area (Å²) in [5.41, 5.74) is 15.3. The van der Waals surface area contributed by atoms with Gasteiger partial charge in [0.25, 0.3) is 0 Å². The molecular weight excluding hydrogens is 687 g/mol. The van der Waals surface area contributed by atoms with Crippen LogP contribution in [0.3, 0.4) is 0 Å². The minimum absolute atomic E-state index is 0.00681. The molecule has 2 aromatic heterocycles. The molecule has 4 aromatic carbocycles. The van der Waals surface area contributed by atoms with Gasteiger partial charge in [-0.15, -0.1) is 0 Å². The zero-order valence-corrected chi connectivity index (χ0v) is 36.0. The molecular formula is C51H59N3O2. The van der Waals surface area contributed by atoms with Gasteiger partial charge in [0.15, 0.2) is 0 Å². The first-order valence-corrected chi connectivity index (χ1v) is 20.6. The van der Waals surface area contributed by atoms with Crippen molar-refractivity contribution >= 4 is 27.7 Å². The summed E-state index contributed by atoms with van der Waals surface area (Å²) in [6.45, 7) is 32.3. The second-order valence-electron chi connectivity index (χ2n) is 19.1. The van der Waals surface area contributed by atoms with Crippen LogP contribution in [0.5, 0.6) is 11.5 Å². The third-order valence-electron chi connectivity index (χ3n) is 12.6. The molecule has 0 radical (unpaired) electrons. The molecule has 2 aliphatic rings. The number of rotatable bonds is 7. The predicted octanol–water partition coefficient (Wildman–Crippen LogP) is 13.2. The average Bonchev–Trinajstić information content (AvgIpc) is 3.69. The van der Waals surface area contributed by atoms with E-state index in [1.807, 2.05) is 6.20 Å². The standard InChI is InChI=1S/C51H59N3O2/c1-27(2)45(28(3)4)42-26-55-49(53-42)35-19-34(46-32(8)15-29(5)16-33(46)9)20-37(21-35)56-44-24-43-38(18-31(44)7)39-22-36(50(10,11)12)23-40-47(39)54(43)48-41(51(40,13)14)17-30(6)25-52-48/h15-25,27-28,42,45H,26H2,1-14H3/t42-/m0/s1. The van der Waals surface area contributed by atoms with Crippen LogP contribution in [0.25, 0.3) is 38.8 Å². The first kappa shape index (κ1) is 38.0. The van der Waals surface area contributed by atoms with E-state index in [1.165, 1.54) is 60.8 Å². The van der Waals surface area contributed by atoms with E-state index in [9.17, 15) is 0 Å². The van der Waals surface area contributed by atoms with Crippen LogP contribution in [-0.2, 0) is 15.6 Å². The molecule has 0 saturated carbocycles. The Morgan fingerprint density at radius 1 is 0.750 bits per heavy atom. The highest BCUT2D eigenvalue weighted by Crippen LogP contribution is 2.50. The number of aromatic nitrogens is 2. The number of hydrogen-bond acceptors (Lipinski definition) is 4.